The highest BCUT2D eigenvalue weighted by Crippen LogP contribution is 2.39. The summed E-state index contributed by atoms with van der Waals surface area (Å²) < 4.78 is 0. The summed E-state index contributed by atoms with van der Waals surface area (Å²) in [5.74, 6) is 0.897. The fourth-order valence-corrected chi connectivity index (χ4v) is 3.26. The van der Waals surface area contributed by atoms with Crippen molar-refractivity contribution >= 4 is 0 Å². The highest BCUT2D eigenvalue weighted by atomic mass is 15.1. The number of hydrogen-bond acceptors (Lipinski definition) is 2. The minimum absolute atomic E-state index is 0.501. The Balaban J connectivity index is 2.66. The molecule has 1 aliphatic rings. The third-order valence-corrected chi connectivity index (χ3v) is 4.54. The van der Waals surface area contributed by atoms with Gasteiger partial charge >= 0.3 is 0 Å². The van der Waals surface area contributed by atoms with Crippen LogP contribution in [0.15, 0.2) is 0 Å². The van der Waals surface area contributed by atoms with Gasteiger partial charge in [0.2, 0.25) is 0 Å². The second kappa shape index (κ2) is 6.91. The Morgan fingerprint density at radius 2 is 1.94 bits per heavy atom. The monoisotopic (exact) mass is 254 g/mol. The van der Waals surface area contributed by atoms with E-state index in [9.17, 15) is 0 Å². The average Bonchev–Trinajstić information content (AvgIpc) is 2.26. The SMILES string of the molecule is CC1CCCC(CNC(C)C)(CN(C)C(C)C)C1. The van der Waals surface area contributed by atoms with E-state index in [2.05, 4.69) is 51.9 Å². The fraction of sp³-hybridized carbons (Fsp3) is 1.00. The van der Waals surface area contributed by atoms with Crippen LogP contribution in [0.4, 0.5) is 0 Å². The van der Waals surface area contributed by atoms with E-state index in [0.29, 0.717) is 17.5 Å². The Morgan fingerprint density at radius 3 is 2.44 bits per heavy atom. The Hall–Kier alpha value is -0.0800. The van der Waals surface area contributed by atoms with Gasteiger partial charge in [0.25, 0.3) is 0 Å². The molecule has 0 bridgehead atoms. The lowest BCUT2D eigenvalue weighted by molar-refractivity contribution is 0.0774. The van der Waals surface area contributed by atoms with E-state index in [1.807, 2.05) is 0 Å². The van der Waals surface area contributed by atoms with Crippen molar-refractivity contribution in [3.05, 3.63) is 0 Å². The summed E-state index contributed by atoms with van der Waals surface area (Å²) in [5.41, 5.74) is 0.501. The molecule has 108 valence electrons. The van der Waals surface area contributed by atoms with Crippen LogP contribution in [-0.4, -0.2) is 37.1 Å². The lowest BCUT2D eigenvalue weighted by Crippen LogP contribution is -2.48. The van der Waals surface area contributed by atoms with E-state index >= 15 is 0 Å². The average molecular weight is 254 g/mol. The van der Waals surface area contributed by atoms with E-state index in [4.69, 9.17) is 0 Å². The van der Waals surface area contributed by atoms with Crippen LogP contribution in [0.25, 0.3) is 0 Å². The van der Waals surface area contributed by atoms with E-state index in [-0.39, 0.29) is 0 Å². The third-order valence-electron chi connectivity index (χ3n) is 4.54. The molecular formula is C16H34N2. The molecule has 1 aliphatic carbocycles. The Kier molecular flexibility index (Phi) is 6.13. The number of nitrogens with zero attached hydrogens (tertiary/aromatic N) is 1. The molecule has 0 amide bonds. The summed E-state index contributed by atoms with van der Waals surface area (Å²) in [6.07, 6.45) is 5.62. The first-order chi connectivity index (χ1) is 8.34. The molecule has 2 unspecified atom stereocenters. The van der Waals surface area contributed by atoms with Crippen molar-refractivity contribution in [3.63, 3.8) is 0 Å². The van der Waals surface area contributed by atoms with E-state index in [1.54, 1.807) is 0 Å². The van der Waals surface area contributed by atoms with E-state index < -0.39 is 0 Å². The van der Waals surface area contributed by atoms with Crippen LogP contribution in [-0.2, 0) is 0 Å². The summed E-state index contributed by atoms with van der Waals surface area (Å²) >= 11 is 0. The van der Waals surface area contributed by atoms with Gasteiger partial charge in [0.1, 0.15) is 0 Å². The largest absolute Gasteiger partial charge is 0.314 e. The van der Waals surface area contributed by atoms with Gasteiger partial charge in [-0.2, -0.15) is 0 Å². The maximum absolute atomic E-state index is 3.69. The van der Waals surface area contributed by atoms with Crippen LogP contribution in [0.2, 0.25) is 0 Å². The normalized spacial score (nSPS) is 29.5. The lowest BCUT2D eigenvalue weighted by Gasteiger charge is -2.44. The van der Waals surface area contributed by atoms with Crippen LogP contribution < -0.4 is 5.32 Å². The molecule has 0 saturated heterocycles. The second-order valence-corrected chi connectivity index (χ2v) is 7.25. The van der Waals surface area contributed by atoms with Crippen molar-refractivity contribution < 1.29 is 0 Å². The first kappa shape index (κ1) is 16.0. The van der Waals surface area contributed by atoms with Crippen molar-refractivity contribution in [3.8, 4) is 0 Å². The van der Waals surface area contributed by atoms with Gasteiger partial charge < -0.3 is 10.2 Å². The zero-order valence-corrected chi connectivity index (χ0v) is 13.4. The molecule has 1 saturated carbocycles. The minimum atomic E-state index is 0.501. The molecule has 0 spiro atoms. The Labute approximate surface area is 115 Å². The van der Waals surface area contributed by atoms with Crippen molar-refractivity contribution in [2.24, 2.45) is 11.3 Å². The standard InChI is InChI=1S/C16H34N2/c1-13(2)17-11-16(12-18(6)14(3)4)9-7-8-15(5)10-16/h13-15,17H,7-12H2,1-6H3. The predicted octanol–water partition coefficient (Wildman–Crippen LogP) is 3.52. The molecule has 0 aromatic heterocycles. The molecule has 0 aliphatic heterocycles. The lowest BCUT2D eigenvalue weighted by atomic mass is 9.69. The van der Waals surface area contributed by atoms with Gasteiger partial charge in [-0.1, -0.05) is 33.6 Å². The predicted molar refractivity (Wildman–Crippen MR) is 81.0 cm³/mol. The van der Waals surface area contributed by atoms with Gasteiger partial charge in [0.05, 0.1) is 0 Å². The first-order valence-corrected chi connectivity index (χ1v) is 7.78. The number of rotatable bonds is 6. The third kappa shape index (κ3) is 4.89. The molecule has 2 nitrogen and oxygen atoms in total. The van der Waals surface area contributed by atoms with Gasteiger partial charge in [-0.05, 0) is 45.1 Å². The quantitative estimate of drug-likeness (QED) is 0.780. The molecule has 0 aromatic rings. The summed E-state index contributed by atoms with van der Waals surface area (Å²) in [7, 11) is 2.28. The van der Waals surface area contributed by atoms with Crippen molar-refractivity contribution in [1.29, 1.82) is 0 Å². The van der Waals surface area contributed by atoms with Crippen molar-refractivity contribution in [2.45, 2.75) is 72.4 Å². The van der Waals surface area contributed by atoms with Crippen LogP contribution in [0.3, 0.4) is 0 Å². The highest BCUT2D eigenvalue weighted by Gasteiger charge is 2.36. The van der Waals surface area contributed by atoms with Gasteiger partial charge in [-0.3, -0.25) is 0 Å². The highest BCUT2D eigenvalue weighted by molar-refractivity contribution is 4.90. The summed E-state index contributed by atoms with van der Waals surface area (Å²) in [5, 5.41) is 3.69. The maximum atomic E-state index is 3.69. The molecule has 2 heteroatoms. The molecule has 2 atom stereocenters. The molecule has 0 heterocycles. The van der Waals surface area contributed by atoms with Crippen molar-refractivity contribution in [1.82, 2.24) is 10.2 Å². The van der Waals surface area contributed by atoms with Crippen molar-refractivity contribution in [2.75, 3.05) is 20.1 Å². The summed E-state index contributed by atoms with van der Waals surface area (Å²) in [4.78, 5) is 2.53. The van der Waals surface area contributed by atoms with Crippen LogP contribution in [0.1, 0.15) is 60.3 Å². The Bertz CT molecular complexity index is 237. The zero-order valence-electron chi connectivity index (χ0n) is 13.4. The molecule has 0 aromatic carbocycles. The molecule has 1 rings (SSSR count). The minimum Gasteiger partial charge on any atom is -0.314 e. The van der Waals surface area contributed by atoms with Gasteiger partial charge in [0.15, 0.2) is 0 Å². The summed E-state index contributed by atoms with van der Waals surface area (Å²) in [6.45, 7) is 14.0. The smallest absolute Gasteiger partial charge is 0.00499 e. The summed E-state index contributed by atoms with van der Waals surface area (Å²) in [6, 6.07) is 1.25. The molecule has 1 fully saturated rings. The second-order valence-electron chi connectivity index (χ2n) is 7.25. The van der Waals surface area contributed by atoms with Crippen LogP contribution in [0.5, 0.6) is 0 Å². The zero-order chi connectivity index (χ0) is 13.8. The van der Waals surface area contributed by atoms with E-state index in [1.165, 1.54) is 38.8 Å². The molecule has 1 N–H and O–H groups in total. The van der Waals surface area contributed by atoms with E-state index in [0.717, 1.165) is 5.92 Å². The van der Waals surface area contributed by atoms with Gasteiger partial charge in [-0.15, -0.1) is 0 Å². The molecular weight excluding hydrogens is 220 g/mol. The van der Waals surface area contributed by atoms with Crippen LogP contribution >= 0.6 is 0 Å². The Morgan fingerprint density at radius 1 is 1.28 bits per heavy atom. The maximum Gasteiger partial charge on any atom is 0.00499 e. The first-order valence-electron chi connectivity index (χ1n) is 7.78. The van der Waals surface area contributed by atoms with Gasteiger partial charge in [-0.25, -0.2) is 0 Å². The topological polar surface area (TPSA) is 15.3 Å². The van der Waals surface area contributed by atoms with Gasteiger partial charge in [0, 0.05) is 25.2 Å². The number of hydrogen-bond donors (Lipinski definition) is 1. The number of nitrogens with one attached hydrogen (secondary N) is 1. The fourth-order valence-electron chi connectivity index (χ4n) is 3.26. The molecule has 18 heavy (non-hydrogen) atoms. The van der Waals surface area contributed by atoms with Crippen LogP contribution in [0, 0.1) is 11.3 Å². The molecule has 0 radical (unpaired) electrons.